The molecule has 0 saturated carbocycles. The van der Waals surface area contributed by atoms with E-state index >= 15 is 0 Å². The monoisotopic (exact) mass is 237 g/mol. The first-order valence-electron chi connectivity index (χ1n) is 5.76. The molecule has 2 rings (SSSR count). The van der Waals surface area contributed by atoms with Crippen molar-refractivity contribution in [2.75, 3.05) is 19.7 Å². The highest BCUT2D eigenvalue weighted by molar-refractivity contribution is 5.73. The van der Waals surface area contributed by atoms with Crippen LogP contribution in [-0.4, -0.2) is 36.6 Å². The molecule has 1 aliphatic rings. The number of ether oxygens (including phenoxy) is 1. The molecule has 1 aromatic rings. The average molecular weight is 237 g/mol. The third-order valence-electron chi connectivity index (χ3n) is 2.96. The van der Waals surface area contributed by atoms with Crippen molar-refractivity contribution in [2.45, 2.75) is 19.4 Å². The molecule has 1 atom stereocenters. The van der Waals surface area contributed by atoms with Gasteiger partial charge in [-0.2, -0.15) is 0 Å². The quantitative estimate of drug-likeness (QED) is 0.782. The molecule has 1 aromatic carbocycles. The lowest BCUT2D eigenvalue weighted by molar-refractivity contribution is -0.136. The first kappa shape index (κ1) is 12.0. The smallest absolute Gasteiger partial charge is 0.219 e. The topological polar surface area (TPSA) is 29.5 Å². The molecular formula is C13H16FNO2. The van der Waals surface area contributed by atoms with Crippen LogP contribution in [-0.2, 0) is 16.0 Å². The van der Waals surface area contributed by atoms with Crippen LogP contribution in [0.25, 0.3) is 0 Å². The number of rotatable bonds is 2. The maximum absolute atomic E-state index is 12.7. The summed E-state index contributed by atoms with van der Waals surface area (Å²) in [5.41, 5.74) is 1.03. The third-order valence-corrected chi connectivity index (χ3v) is 2.96. The van der Waals surface area contributed by atoms with E-state index in [1.165, 1.54) is 12.1 Å². The Morgan fingerprint density at radius 3 is 2.82 bits per heavy atom. The number of carbonyl (C=O) groups is 1. The number of hydrogen-bond acceptors (Lipinski definition) is 2. The van der Waals surface area contributed by atoms with Gasteiger partial charge in [0, 0.05) is 26.4 Å². The largest absolute Gasteiger partial charge is 0.374 e. The lowest BCUT2D eigenvalue weighted by Gasteiger charge is -2.32. The maximum atomic E-state index is 12.7. The van der Waals surface area contributed by atoms with Gasteiger partial charge in [-0.15, -0.1) is 0 Å². The number of halogens is 1. The van der Waals surface area contributed by atoms with Crippen molar-refractivity contribution in [1.82, 2.24) is 4.90 Å². The summed E-state index contributed by atoms with van der Waals surface area (Å²) in [7, 11) is 0. The molecule has 1 amide bonds. The highest BCUT2D eigenvalue weighted by Gasteiger charge is 2.22. The summed E-state index contributed by atoms with van der Waals surface area (Å²) >= 11 is 0. The van der Waals surface area contributed by atoms with E-state index in [1.807, 2.05) is 0 Å². The van der Waals surface area contributed by atoms with Crippen LogP contribution < -0.4 is 0 Å². The number of amides is 1. The van der Waals surface area contributed by atoms with Crippen molar-refractivity contribution in [3.63, 3.8) is 0 Å². The number of morpholine rings is 1. The number of nitrogens with zero attached hydrogens (tertiary/aromatic N) is 1. The van der Waals surface area contributed by atoms with Crippen molar-refractivity contribution in [2.24, 2.45) is 0 Å². The van der Waals surface area contributed by atoms with Crippen LogP contribution in [0.1, 0.15) is 12.5 Å². The second-order valence-electron chi connectivity index (χ2n) is 4.29. The standard InChI is InChI=1S/C13H16FNO2/c1-10(16)15-6-7-17-13(9-15)8-11-2-4-12(14)5-3-11/h2-5,13H,6-9H2,1H3/t13-/m1/s1. The summed E-state index contributed by atoms with van der Waals surface area (Å²) < 4.78 is 18.4. The highest BCUT2D eigenvalue weighted by atomic mass is 19.1. The molecule has 92 valence electrons. The van der Waals surface area contributed by atoms with Crippen molar-refractivity contribution in [3.05, 3.63) is 35.6 Å². The normalized spacial score (nSPS) is 20.4. The summed E-state index contributed by atoms with van der Waals surface area (Å²) in [4.78, 5) is 13.1. The van der Waals surface area contributed by atoms with Crippen LogP contribution in [0.2, 0.25) is 0 Å². The van der Waals surface area contributed by atoms with Crippen LogP contribution in [0.5, 0.6) is 0 Å². The molecule has 0 aliphatic carbocycles. The number of carbonyl (C=O) groups excluding carboxylic acids is 1. The van der Waals surface area contributed by atoms with Crippen LogP contribution in [0.3, 0.4) is 0 Å². The fraction of sp³-hybridized carbons (Fsp3) is 0.462. The van der Waals surface area contributed by atoms with E-state index in [4.69, 9.17) is 4.74 Å². The molecule has 1 saturated heterocycles. The second kappa shape index (κ2) is 5.27. The van der Waals surface area contributed by atoms with Gasteiger partial charge in [-0.3, -0.25) is 4.79 Å². The molecule has 1 heterocycles. The molecule has 3 nitrogen and oxygen atoms in total. The Bertz CT molecular complexity index is 391. The van der Waals surface area contributed by atoms with Gasteiger partial charge in [0.25, 0.3) is 0 Å². The van der Waals surface area contributed by atoms with E-state index < -0.39 is 0 Å². The molecule has 1 aliphatic heterocycles. The fourth-order valence-corrected chi connectivity index (χ4v) is 2.01. The molecule has 0 radical (unpaired) electrons. The summed E-state index contributed by atoms with van der Waals surface area (Å²) in [6.07, 6.45) is 0.725. The van der Waals surface area contributed by atoms with E-state index in [2.05, 4.69) is 0 Å². The lowest BCUT2D eigenvalue weighted by Crippen LogP contribution is -2.45. The van der Waals surface area contributed by atoms with E-state index in [9.17, 15) is 9.18 Å². The minimum Gasteiger partial charge on any atom is -0.374 e. The van der Waals surface area contributed by atoms with E-state index in [0.717, 1.165) is 5.56 Å². The van der Waals surface area contributed by atoms with Crippen LogP contribution in [0.15, 0.2) is 24.3 Å². The zero-order valence-electron chi connectivity index (χ0n) is 9.86. The van der Waals surface area contributed by atoms with Crippen molar-refractivity contribution < 1.29 is 13.9 Å². The fourth-order valence-electron chi connectivity index (χ4n) is 2.01. The highest BCUT2D eigenvalue weighted by Crippen LogP contribution is 2.12. The first-order chi connectivity index (χ1) is 8.15. The molecule has 4 heteroatoms. The van der Waals surface area contributed by atoms with Gasteiger partial charge in [-0.05, 0) is 17.7 Å². The molecule has 17 heavy (non-hydrogen) atoms. The van der Waals surface area contributed by atoms with Gasteiger partial charge in [0.15, 0.2) is 0 Å². The van der Waals surface area contributed by atoms with Crippen molar-refractivity contribution in [3.8, 4) is 0 Å². The van der Waals surface area contributed by atoms with Gasteiger partial charge < -0.3 is 9.64 Å². The average Bonchev–Trinajstić information content (AvgIpc) is 2.32. The Morgan fingerprint density at radius 2 is 2.18 bits per heavy atom. The van der Waals surface area contributed by atoms with Crippen molar-refractivity contribution in [1.29, 1.82) is 0 Å². The Labute approximate surface area is 100 Å². The van der Waals surface area contributed by atoms with E-state index in [-0.39, 0.29) is 17.8 Å². The first-order valence-corrected chi connectivity index (χ1v) is 5.76. The predicted molar refractivity (Wildman–Crippen MR) is 62.1 cm³/mol. The molecule has 0 bridgehead atoms. The summed E-state index contributed by atoms with van der Waals surface area (Å²) in [5.74, 6) is -0.152. The van der Waals surface area contributed by atoms with E-state index in [1.54, 1.807) is 24.0 Å². The second-order valence-corrected chi connectivity index (χ2v) is 4.29. The van der Waals surface area contributed by atoms with Gasteiger partial charge >= 0.3 is 0 Å². The third kappa shape index (κ3) is 3.27. The van der Waals surface area contributed by atoms with Gasteiger partial charge in [-0.1, -0.05) is 12.1 Å². The zero-order valence-corrected chi connectivity index (χ0v) is 9.86. The molecule has 0 aromatic heterocycles. The van der Waals surface area contributed by atoms with Crippen LogP contribution >= 0.6 is 0 Å². The van der Waals surface area contributed by atoms with Crippen LogP contribution in [0.4, 0.5) is 4.39 Å². The molecule has 0 spiro atoms. The Morgan fingerprint density at radius 1 is 1.47 bits per heavy atom. The Balaban J connectivity index is 1.94. The van der Waals surface area contributed by atoms with Gasteiger partial charge in [0.2, 0.25) is 5.91 Å². The number of hydrogen-bond donors (Lipinski definition) is 0. The summed E-state index contributed by atoms with van der Waals surface area (Å²) in [5, 5.41) is 0. The number of benzene rings is 1. The molecule has 0 unspecified atom stereocenters. The van der Waals surface area contributed by atoms with Crippen LogP contribution in [0, 0.1) is 5.82 Å². The zero-order chi connectivity index (χ0) is 12.3. The maximum Gasteiger partial charge on any atom is 0.219 e. The Kier molecular flexibility index (Phi) is 3.74. The van der Waals surface area contributed by atoms with Gasteiger partial charge in [0.05, 0.1) is 12.7 Å². The minimum atomic E-state index is -0.233. The van der Waals surface area contributed by atoms with Gasteiger partial charge in [-0.25, -0.2) is 4.39 Å². The van der Waals surface area contributed by atoms with Crippen molar-refractivity contribution >= 4 is 5.91 Å². The van der Waals surface area contributed by atoms with Gasteiger partial charge in [0.1, 0.15) is 5.82 Å². The van der Waals surface area contributed by atoms with E-state index in [0.29, 0.717) is 26.1 Å². The predicted octanol–water partition coefficient (Wildman–Crippen LogP) is 1.62. The minimum absolute atomic E-state index is 0.0121. The molecule has 0 N–H and O–H groups in total. The molecular weight excluding hydrogens is 221 g/mol. The SMILES string of the molecule is CC(=O)N1CCO[C@H](Cc2ccc(F)cc2)C1. The lowest BCUT2D eigenvalue weighted by atomic mass is 10.1. The Hall–Kier alpha value is -1.42. The summed E-state index contributed by atoms with van der Waals surface area (Å²) in [6, 6.07) is 6.40. The molecule has 1 fully saturated rings. The summed E-state index contributed by atoms with van der Waals surface area (Å²) in [6.45, 7) is 3.42.